The van der Waals surface area contributed by atoms with Crippen molar-refractivity contribution in [2.45, 2.75) is 6.92 Å². The van der Waals surface area contributed by atoms with Gasteiger partial charge in [-0.05, 0) is 6.92 Å². The molecular weight excluding hydrogens is 252 g/mol. The molecule has 0 unspecified atom stereocenters. The van der Waals surface area contributed by atoms with E-state index >= 15 is 0 Å². The molecule has 1 aromatic heterocycles. The van der Waals surface area contributed by atoms with Crippen molar-refractivity contribution in [2.75, 3.05) is 5.43 Å². The number of hydrazone groups is 1. The van der Waals surface area contributed by atoms with Crippen LogP contribution in [0.5, 0.6) is 0 Å². The molecule has 0 aliphatic heterocycles. The van der Waals surface area contributed by atoms with Gasteiger partial charge in [-0.25, -0.2) is 4.98 Å². The summed E-state index contributed by atoms with van der Waals surface area (Å²) in [4.78, 5) is 14.3. The van der Waals surface area contributed by atoms with Crippen molar-refractivity contribution in [2.24, 2.45) is 5.10 Å². The van der Waals surface area contributed by atoms with Gasteiger partial charge in [-0.2, -0.15) is 5.10 Å². The molecular formula is C11H10N4O2S. The zero-order chi connectivity index (χ0) is 13.0. The number of rotatable bonds is 4. The SMILES string of the molecule is Cc1csc(NN=Cc2cccc([N+](=O)[O-])c2)n1. The van der Waals surface area contributed by atoms with E-state index < -0.39 is 4.92 Å². The first-order valence-corrected chi connectivity index (χ1v) is 5.99. The van der Waals surface area contributed by atoms with Crippen LogP contribution in [0.4, 0.5) is 10.8 Å². The fraction of sp³-hybridized carbons (Fsp3) is 0.0909. The predicted molar refractivity (Wildman–Crippen MR) is 71.2 cm³/mol. The van der Waals surface area contributed by atoms with E-state index in [0.29, 0.717) is 10.7 Å². The molecule has 0 aliphatic carbocycles. The lowest BCUT2D eigenvalue weighted by molar-refractivity contribution is -0.384. The van der Waals surface area contributed by atoms with Crippen LogP contribution in [-0.2, 0) is 0 Å². The Morgan fingerprint density at radius 3 is 3.06 bits per heavy atom. The van der Waals surface area contributed by atoms with Crippen LogP contribution in [0.2, 0.25) is 0 Å². The molecule has 0 saturated heterocycles. The molecule has 2 rings (SSSR count). The third-order valence-corrected chi connectivity index (χ3v) is 2.94. The summed E-state index contributed by atoms with van der Waals surface area (Å²) in [5, 5.41) is 17.2. The number of nitro benzene ring substituents is 1. The summed E-state index contributed by atoms with van der Waals surface area (Å²) >= 11 is 1.45. The Morgan fingerprint density at radius 2 is 2.39 bits per heavy atom. The smallest absolute Gasteiger partial charge is 0.258 e. The normalized spacial score (nSPS) is 10.7. The molecule has 0 bridgehead atoms. The van der Waals surface area contributed by atoms with Crippen LogP contribution in [0.25, 0.3) is 0 Å². The van der Waals surface area contributed by atoms with Gasteiger partial charge < -0.3 is 0 Å². The number of thiazole rings is 1. The first-order chi connectivity index (χ1) is 8.65. The van der Waals surface area contributed by atoms with Crippen LogP contribution in [0.1, 0.15) is 11.3 Å². The Hall–Kier alpha value is -2.28. The highest BCUT2D eigenvalue weighted by Gasteiger charge is 2.03. The van der Waals surface area contributed by atoms with Crippen LogP contribution in [-0.4, -0.2) is 16.1 Å². The summed E-state index contributed by atoms with van der Waals surface area (Å²) in [6.45, 7) is 1.89. The molecule has 1 aromatic carbocycles. The second-order valence-electron chi connectivity index (χ2n) is 3.52. The molecule has 0 spiro atoms. The minimum Gasteiger partial charge on any atom is -0.258 e. The van der Waals surface area contributed by atoms with Crippen molar-refractivity contribution < 1.29 is 4.92 Å². The predicted octanol–water partition coefficient (Wildman–Crippen LogP) is 2.81. The Balaban J connectivity index is 2.04. The molecule has 0 fully saturated rings. The van der Waals surface area contributed by atoms with Gasteiger partial charge in [0.25, 0.3) is 5.69 Å². The van der Waals surface area contributed by atoms with E-state index in [2.05, 4.69) is 15.5 Å². The van der Waals surface area contributed by atoms with Gasteiger partial charge >= 0.3 is 0 Å². The van der Waals surface area contributed by atoms with E-state index in [9.17, 15) is 10.1 Å². The maximum absolute atomic E-state index is 10.6. The van der Waals surface area contributed by atoms with E-state index in [1.807, 2.05) is 12.3 Å². The van der Waals surface area contributed by atoms with Gasteiger partial charge in [-0.3, -0.25) is 15.5 Å². The van der Waals surface area contributed by atoms with E-state index in [-0.39, 0.29) is 5.69 Å². The average molecular weight is 262 g/mol. The Bertz CT molecular complexity index is 594. The van der Waals surface area contributed by atoms with Crippen molar-refractivity contribution in [3.63, 3.8) is 0 Å². The number of anilines is 1. The lowest BCUT2D eigenvalue weighted by atomic mass is 10.2. The van der Waals surface area contributed by atoms with Crippen LogP contribution in [0, 0.1) is 17.0 Å². The Kier molecular flexibility index (Phi) is 3.63. The van der Waals surface area contributed by atoms with Gasteiger partial charge in [0.2, 0.25) is 5.13 Å². The maximum Gasteiger partial charge on any atom is 0.270 e. The topological polar surface area (TPSA) is 80.4 Å². The number of hydrogen-bond acceptors (Lipinski definition) is 6. The molecule has 1 N–H and O–H groups in total. The summed E-state index contributed by atoms with van der Waals surface area (Å²) in [5.74, 6) is 0. The summed E-state index contributed by atoms with van der Waals surface area (Å²) < 4.78 is 0. The molecule has 0 radical (unpaired) electrons. The number of non-ortho nitro benzene ring substituents is 1. The van der Waals surface area contributed by atoms with Gasteiger partial charge in [0.05, 0.1) is 16.8 Å². The molecule has 6 nitrogen and oxygen atoms in total. The van der Waals surface area contributed by atoms with E-state index in [1.54, 1.807) is 12.1 Å². The minimum atomic E-state index is -0.436. The van der Waals surface area contributed by atoms with Gasteiger partial charge in [-0.15, -0.1) is 11.3 Å². The van der Waals surface area contributed by atoms with Crippen LogP contribution < -0.4 is 5.43 Å². The fourth-order valence-corrected chi connectivity index (χ4v) is 1.92. The lowest BCUT2D eigenvalue weighted by Gasteiger charge is -1.95. The van der Waals surface area contributed by atoms with E-state index in [0.717, 1.165) is 5.69 Å². The summed E-state index contributed by atoms with van der Waals surface area (Å²) in [7, 11) is 0. The second kappa shape index (κ2) is 5.37. The minimum absolute atomic E-state index is 0.0454. The molecule has 18 heavy (non-hydrogen) atoms. The highest BCUT2D eigenvalue weighted by atomic mass is 32.1. The molecule has 7 heteroatoms. The van der Waals surface area contributed by atoms with Crippen LogP contribution in [0.15, 0.2) is 34.7 Å². The van der Waals surface area contributed by atoms with E-state index in [4.69, 9.17) is 0 Å². The maximum atomic E-state index is 10.6. The number of nitrogens with zero attached hydrogens (tertiary/aromatic N) is 3. The molecule has 0 aliphatic rings. The zero-order valence-electron chi connectivity index (χ0n) is 9.53. The number of benzene rings is 1. The lowest BCUT2D eigenvalue weighted by Crippen LogP contribution is -1.92. The van der Waals surface area contributed by atoms with Crippen molar-refractivity contribution in [1.29, 1.82) is 0 Å². The quantitative estimate of drug-likeness (QED) is 0.522. The van der Waals surface area contributed by atoms with Crippen LogP contribution >= 0.6 is 11.3 Å². The Morgan fingerprint density at radius 1 is 1.56 bits per heavy atom. The zero-order valence-corrected chi connectivity index (χ0v) is 10.3. The van der Waals surface area contributed by atoms with Crippen molar-refractivity contribution in [3.8, 4) is 0 Å². The fourth-order valence-electron chi connectivity index (χ4n) is 1.29. The molecule has 0 atom stereocenters. The van der Waals surface area contributed by atoms with Crippen molar-refractivity contribution in [1.82, 2.24) is 4.98 Å². The molecule has 2 aromatic rings. The van der Waals surface area contributed by atoms with Crippen molar-refractivity contribution >= 4 is 28.4 Å². The monoisotopic (exact) mass is 262 g/mol. The van der Waals surface area contributed by atoms with E-state index in [1.165, 1.54) is 29.7 Å². The molecule has 0 saturated carbocycles. The molecule has 0 amide bonds. The summed E-state index contributed by atoms with van der Waals surface area (Å²) in [6.07, 6.45) is 1.52. The largest absolute Gasteiger partial charge is 0.270 e. The number of hydrogen-bond donors (Lipinski definition) is 1. The Labute approximate surface area is 107 Å². The number of nitro groups is 1. The van der Waals surface area contributed by atoms with Crippen molar-refractivity contribution in [3.05, 3.63) is 51.0 Å². The van der Waals surface area contributed by atoms with Gasteiger partial charge in [0.1, 0.15) is 0 Å². The summed E-state index contributed by atoms with van der Waals surface area (Å²) in [5.41, 5.74) is 4.40. The first-order valence-electron chi connectivity index (χ1n) is 5.11. The van der Waals surface area contributed by atoms with Gasteiger partial charge in [-0.1, -0.05) is 12.1 Å². The molecule has 1 heterocycles. The average Bonchev–Trinajstić information content (AvgIpc) is 2.75. The number of aromatic nitrogens is 1. The first kappa shape index (κ1) is 12.2. The second-order valence-corrected chi connectivity index (χ2v) is 4.37. The van der Waals surface area contributed by atoms with Gasteiger partial charge in [0.15, 0.2) is 0 Å². The highest BCUT2D eigenvalue weighted by Crippen LogP contribution is 2.14. The molecule has 92 valence electrons. The van der Waals surface area contributed by atoms with Crippen LogP contribution in [0.3, 0.4) is 0 Å². The van der Waals surface area contributed by atoms with Gasteiger partial charge in [0, 0.05) is 23.1 Å². The summed E-state index contributed by atoms with van der Waals surface area (Å²) in [6, 6.07) is 6.26. The standard InChI is InChI=1S/C11H10N4O2S/c1-8-7-18-11(13-8)14-12-6-9-3-2-4-10(5-9)15(16)17/h2-7H,1H3,(H,13,14). The number of aryl methyl sites for hydroxylation is 1. The number of nitrogens with one attached hydrogen (secondary N) is 1. The third kappa shape index (κ3) is 3.11. The third-order valence-electron chi connectivity index (χ3n) is 2.07. The highest BCUT2D eigenvalue weighted by molar-refractivity contribution is 7.13.